The van der Waals surface area contributed by atoms with Gasteiger partial charge in [0.1, 0.15) is 5.75 Å². The van der Waals surface area contributed by atoms with E-state index in [1.54, 1.807) is 18.2 Å². The average molecular weight is 406 g/mol. The number of methoxy groups -OCH3 is 1. The van der Waals surface area contributed by atoms with Crippen molar-refractivity contribution in [3.63, 3.8) is 0 Å². The summed E-state index contributed by atoms with van der Waals surface area (Å²) in [6.07, 6.45) is 6.53. The van der Waals surface area contributed by atoms with Gasteiger partial charge >= 0.3 is 0 Å². The first-order valence-electron chi connectivity index (χ1n) is 11.8. The van der Waals surface area contributed by atoms with Crippen LogP contribution in [-0.4, -0.2) is 13.7 Å². The van der Waals surface area contributed by atoms with E-state index in [4.69, 9.17) is 4.74 Å². The molecule has 0 bridgehead atoms. The summed E-state index contributed by atoms with van der Waals surface area (Å²) in [4.78, 5) is 0. The van der Waals surface area contributed by atoms with Crippen molar-refractivity contribution in [2.45, 2.75) is 77.7 Å². The van der Waals surface area contributed by atoms with Crippen LogP contribution in [-0.2, 0) is 18.4 Å². The molecule has 4 rings (SSSR count). The monoisotopic (exact) mass is 405 g/mol. The number of hydrogen-bond acceptors (Lipinski definition) is 2. The molecule has 0 aromatic heterocycles. The lowest BCUT2D eigenvalue weighted by atomic mass is 9.49. The van der Waals surface area contributed by atoms with E-state index in [-0.39, 0.29) is 0 Å². The van der Waals surface area contributed by atoms with Gasteiger partial charge in [0.05, 0.1) is 7.11 Å². The van der Waals surface area contributed by atoms with E-state index in [9.17, 15) is 0 Å². The van der Waals surface area contributed by atoms with Crippen LogP contribution in [0.2, 0.25) is 0 Å². The molecule has 0 saturated heterocycles. The van der Waals surface area contributed by atoms with Gasteiger partial charge in [0, 0.05) is 18.7 Å². The highest BCUT2D eigenvalue weighted by atomic mass is 16.5. The number of rotatable bonds is 6. The molecular formula is C28H39NO. The fourth-order valence-corrected chi connectivity index (χ4v) is 6.55. The number of aryl methyl sites for hydroxylation is 1. The minimum absolute atomic E-state index is 0.308. The number of ether oxygens (including phenoxy) is 1. The number of nitrogens with one attached hydrogen (secondary N) is 1. The van der Waals surface area contributed by atoms with Gasteiger partial charge in [0.15, 0.2) is 0 Å². The highest BCUT2D eigenvalue weighted by molar-refractivity contribution is 5.42. The second kappa shape index (κ2) is 8.38. The van der Waals surface area contributed by atoms with Crippen molar-refractivity contribution >= 4 is 0 Å². The average Bonchev–Trinajstić information content (AvgIpc) is 2.73. The summed E-state index contributed by atoms with van der Waals surface area (Å²) in [6, 6.07) is 15.7. The van der Waals surface area contributed by atoms with Gasteiger partial charge in [-0.2, -0.15) is 0 Å². The zero-order chi connectivity index (χ0) is 21.4. The minimum atomic E-state index is 0.308. The summed E-state index contributed by atoms with van der Waals surface area (Å²) < 4.78 is 5.54. The molecule has 1 saturated carbocycles. The largest absolute Gasteiger partial charge is 0.496 e. The Hall–Kier alpha value is -1.80. The Labute approximate surface area is 183 Å². The summed E-state index contributed by atoms with van der Waals surface area (Å²) in [7, 11) is 1.76. The van der Waals surface area contributed by atoms with Crippen LogP contribution in [0.3, 0.4) is 0 Å². The van der Waals surface area contributed by atoms with Crippen molar-refractivity contribution < 1.29 is 4.74 Å². The van der Waals surface area contributed by atoms with E-state index < -0.39 is 0 Å². The van der Waals surface area contributed by atoms with Crippen molar-refractivity contribution in [2.24, 2.45) is 11.3 Å². The van der Waals surface area contributed by atoms with E-state index in [0.717, 1.165) is 24.8 Å². The van der Waals surface area contributed by atoms with E-state index in [2.05, 4.69) is 69.4 Å². The number of hydrogen-bond donors (Lipinski definition) is 1. The molecule has 162 valence electrons. The summed E-state index contributed by atoms with van der Waals surface area (Å²) in [6.45, 7) is 11.7. The van der Waals surface area contributed by atoms with Gasteiger partial charge in [0.2, 0.25) is 0 Å². The fraction of sp³-hybridized carbons (Fsp3) is 0.571. The van der Waals surface area contributed by atoms with Gasteiger partial charge in [-0.25, -0.2) is 0 Å². The van der Waals surface area contributed by atoms with Crippen molar-refractivity contribution in [3.8, 4) is 5.75 Å². The van der Waals surface area contributed by atoms with Crippen molar-refractivity contribution in [1.29, 1.82) is 0 Å². The van der Waals surface area contributed by atoms with Crippen molar-refractivity contribution in [1.82, 2.24) is 5.32 Å². The summed E-state index contributed by atoms with van der Waals surface area (Å²) in [5.41, 5.74) is 6.64. The van der Waals surface area contributed by atoms with Gasteiger partial charge in [-0.3, -0.25) is 0 Å². The normalized spacial score (nSPS) is 28.1. The molecule has 2 aliphatic rings. The zero-order valence-electron chi connectivity index (χ0n) is 19.6. The molecule has 0 amide bonds. The summed E-state index contributed by atoms with van der Waals surface area (Å²) >= 11 is 0. The van der Waals surface area contributed by atoms with Crippen LogP contribution < -0.4 is 10.1 Å². The first-order chi connectivity index (χ1) is 14.4. The van der Waals surface area contributed by atoms with Crippen LogP contribution >= 0.6 is 0 Å². The van der Waals surface area contributed by atoms with Crippen LogP contribution in [0.1, 0.15) is 81.5 Å². The Morgan fingerprint density at radius 3 is 2.67 bits per heavy atom. The molecule has 2 aromatic rings. The first kappa shape index (κ1) is 21.4. The van der Waals surface area contributed by atoms with Gasteiger partial charge in [0.25, 0.3) is 0 Å². The molecule has 2 aromatic carbocycles. The van der Waals surface area contributed by atoms with E-state index in [1.165, 1.54) is 43.2 Å². The topological polar surface area (TPSA) is 21.3 Å². The lowest BCUT2D eigenvalue weighted by Gasteiger charge is -2.55. The predicted molar refractivity (Wildman–Crippen MR) is 126 cm³/mol. The Morgan fingerprint density at radius 1 is 1.10 bits per heavy atom. The highest BCUT2D eigenvalue weighted by Crippen LogP contribution is 2.57. The molecule has 3 atom stereocenters. The molecular weight excluding hydrogens is 366 g/mol. The van der Waals surface area contributed by atoms with Crippen LogP contribution in [0.5, 0.6) is 5.75 Å². The van der Waals surface area contributed by atoms with E-state index in [1.807, 2.05) is 6.07 Å². The second-order valence-electron chi connectivity index (χ2n) is 10.5. The fourth-order valence-electron chi connectivity index (χ4n) is 6.55. The van der Waals surface area contributed by atoms with Crippen LogP contribution in [0.15, 0.2) is 42.5 Å². The smallest absolute Gasteiger partial charge is 0.123 e. The number of fused-ring (bicyclic) bond motifs is 3. The maximum atomic E-state index is 5.54. The lowest BCUT2D eigenvalue weighted by molar-refractivity contribution is 0.0256. The quantitative estimate of drug-likeness (QED) is 0.583. The Morgan fingerprint density at radius 2 is 1.90 bits per heavy atom. The van der Waals surface area contributed by atoms with Crippen molar-refractivity contribution in [3.05, 3.63) is 64.7 Å². The molecule has 0 spiro atoms. The van der Waals surface area contributed by atoms with E-state index >= 15 is 0 Å². The standard InChI is InChI=1S/C28H39NO/c1-20(2)21-11-13-24-22(17-21)12-14-26-27(3,15-8-16-28(24,26)4)19-29-18-23-9-6-7-10-25(23)30-5/h6-7,9-11,13,17,20,26,29H,8,12,14-16,18-19H2,1-5H3/t26-,27-,28+/m0/s1. The molecule has 0 heterocycles. The third kappa shape index (κ3) is 3.80. The predicted octanol–water partition coefficient (Wildman–Crippen LogP) is 6.62. The maximum absolute atomic E-state index is 5.54. The third-order valence-corrected chi connectivity index (χ3v) is 8.20. The van der Waals surface area contributed by atoms with Gasteiger partial charge in [-0.15, -0.1) is 0 Å². The zero-order valence-corrected chi connectivity index (χ0v) is 19.6. The molecule has 2 aliphatic carbocycles. The van der Waals surface area contributed by atoms with E-state index in [0.29, 0.717) is 16.7 Å². The Bertz CT molecular complexity index is 888. The first-order valence-corrected chi connectivity index (χ1v) is 11.8. The summed E-state index contributed by atoms with van der Waals surface area (Å²) in [5.74, 6) is 2.33. The minimum Gasteiger partial charge on any atom is -0.496 e. The third-order valence-electron chi connectivity index (χ3n) is 8.20. The molecule has 30 heavy (non-hydrogen) atoms. The van der Waals surface area contributed by atoms with Crippen molar-refractivity contribution in [2.75, 3.05) is 13.7 Å². The highest BCUT2D eigenvalue weighted by Gasteiger charge is 2.51. The van der Waals surface area contributed by atoms with Crippen LogP contribution in [0.25, 0.3) is 0 Å². The SMILES string of the molecule is COc1ccccc1CNC[C@]1(C)CCC[C@]2(C)c3ccc(C(C)C)cc3CC[C@@H]12. The lowest BCUT2D eigenvalue weighted by Crippen LogP contribution is -2.52. The molecule has 1 fully saturated rings. The molecule has 2 nitrogen and oxygen atoms in total. The number of benzene rings is 2. The van der Waals surface area contributed by atoms with Crippen LogP contribution in [0, 0.1) is 11.3 Å². The maximum Gasteiger partial charge on any atom is 0.123 e. The van der Waals surface area contributed by atoms with Gasteiger partial charge in [-0.1, -0.05) is 70.5 Å². The molecule has 0 radical (unpaired) electrons. The molecule has 1 N–H and O–H groups in total. The van der Waals surface area contributed by atoms with Gasteiger partial charge in [-0.05, 0) is 71.1 Å². The Balaban J connectivity index is 1.53. The number of para-hydroxylation sites is 1. The summed E-state index contributed by atoms with van der Waals surface area (Å²) in [5, 5.41) is 3.80. The molecule has 2 heteroatoms. The van der Waals surface area contributed by atoms with Gasteiger partial charge < -0.3 is 10.1 Å². The van der Waals surface area contributed by atoms with Crippen LogP contribution in [0.4, 0.5) is 0 Å². The molecule has 0 unspecified atom stereocenters. The second-order valence-corrected chi connectivity index (χ2v) is 10.5. The Kier molecular flexibility index (Phi) is 5.99. The molecule has 0 aliphatic heterocycles.